The Morgan fingerprint density at radius 1 is 0.364 bits per heavy atom. The lowest BCUT2D eigenvalue weighted by atomic mass is 10.2. The molecule has 0 saturated carbocycles. The summed E-state index contributed by atoms with van der Waals surface area (Å²) in [5.41, 5.74) is 0. The molecule has 0 amide bonds. The summed E-state index contributed by atoms with van der Waals surface area (Å²) in [6.07, 6.45) is -7.82. The van der Waals surface area contributed by atoms with Gasteiger partial charge in [-0.3, -0.25) is 4.90 Å². The van der Waals surface area contributed by atoms with Crippen LogP contribution < -0.4 is 0 Å². The molecule has 0 heterocycles. The van der Waals surface area contributed by atoms with Crippen LogP contribution in [0.25, 0.3) is 0 Å². The van der Waals surface area contributed by atoms with Crippen molar-refractivity contribution in [1.82, 2.24) is 4.90 Å². The first-order chi connectivity index (χ1) is 20.9. The van der Waals surface area contributed by atoms with E-state index in [4.69, 9.17) is 48.8 Å². The van der Waals surface area contributed by atoms with E-state index in [0.29, 0.717) is 0 Å². The molecule has 17 nitrogen and oxygen atoms in total. The van der Waals surface area contributed by atoms with E-state index in [2.05, 4.69) is 0 Å². The van der Waals surface area contributed by atoms with E-state index in [1.54, 1.807) is 0 Å². The largest absolute Gasteiger partial charge is 0.394 e. The van der Waals surface area contributed by atoms with Crippen molar-refractivity contribution in [1.29, 1.82) is 0 Å². The van der Waals surface area contributed by atoms with Crippen LogP contribution in [0, 0.1) is 0 Å². The lowest BCUT2D eigenvalue weighted by molar-refractivity contribution is -0.0774. The molecule has 266 valence electrons. The van der Waals surface area contributed by atoms with Gasteiger partial charge < -0.3 is 79.5 Å². The van der Waals surface area contributed by atoms with Gasteiger partial charge in [0.15, 0.2) is 0 Å². The molecule has 0 bridgehead atoms. The van der Waals surface area contributed by atoms with E-state index < -0.39 is 62.0 Å². The topological polar surface area (TPSA) is 261 Å². The molecule has 0 rings (SSSR count). The van der Waals surface area contributed by atoms with Gasteiger partial charge >= 0.3 is 0 Å². The van der Waals surface area contributed by atoms with Crippen molar-refractivity contribution in [3.8, 4) is 0 Å². The number of nitrogens with zero attached hydrogens (tertiary/aromatic N) is 1. The molecular formula is C27H57NO16. The molecule has 17 heteroatoms. The first kappa shape index (κ1) is 43.3. The first-order valence-electron chi connectivity index (χ1n) is 14.7. The summed E-state index contributed by atoms with van der Waals surface area (Å²) in [6, 6.07) is -0.0260. The molecular weight excluding hydrogens is 594 g/mol. The molecule has 0 aromatic rings. The standard InChI is InChI=1S/C27H57NO16/c1-19(2)28(3-20(31)7-39-11-24(35)15-43-17-26(37)13-41-9-22(33)5-29)4-21(32)8-40-12-25(36)16-44-18-27(38)14-42-10-23(34)6-30/h19-27,29-38H,3-18H2,1-2H3. The Bertz CT molecular complexity index is 591. The number of rotatable bonds is 31. The fourth-order valence-corrected chi connectivity index (χ4v) is 3.48. The maximum atomic E-state index is 10.4. The SMILES string of the molecule is CC(C)N(CC(O)COCC(O)COCC(O)COCC(O)CO)CC(O)COCC(O)COCC(O)COCC(O)CO. The summed E-state index contributed by atoms with van der Waals surface area (Å²) in [4.78, 5) is 1.83. The van der Waals surface area contributed by atoms with Gasteiger partial charge in [0.2, 0.25) is 0 Å². The summed E-state index contributed by atoms with van der Waals surface area (Å²) < 4.78 is 31.2. The summed E-state index contributed by atoms with van der Waals surface area (Å²) >= 11 is 0. The second-order valence-electron chi connectivity index (χ2n) is 10.9. The molecule has 0 aliphatic rings. The van der Waals surface area contributed by atoms with Crippen LogP contribution in [0.4, 0.5) is 0 Å². The van der Waals surface area contributed by atoms with Crippen molar-refractivity contribution in [3.63, 3.8) is 0 Å². The lowest BCUT2D eigenvalue weighted by Crippen LogP contribution is -2.44. The normalized spacial score (nSPS) is 17.9. The van der Waals surface area contributed by atoms with Crippen LogP contribution in [-0.4, -0.2) is 216 Å². The third-order valence-corrected chi connectivity index (χ3v) is 5.77. The van der Waals surface area contributed by atoms with Crippen LogP contribution in [-0.2, 0) is 28.4 Å². The molecule has 0 aliphatic carbocycles. The van der Waals surface area contributed by atoms with Gasteiger partial charge in [-0.05, 0) is 13.8 Å². The number of aliphatic hydroxyl groups excluding tert-OH is 10. The van der Waals surface area contributed by atoms with E-state index in [-0.39, 0.29) is 98.4 Å². The molecule has 8 unspecified atom stereocenters. The Kier molecular flexibility index (Phi) is 27.0. The quantitative estimate of drug-likeness (QED) is 0.0335. The predicted octanol–water partition coefficient (Wildman–Crippen LogP) is -5.33. The van der Waals surface area contributed by atoms with Crippen LogP contribution in [0.2, 0.25) is 0 Å². The summed E-state index contributed by atoms with van der Waals surface area (Å²) in [5.74, 6) is 0. The fourth-order valence-electron chi connectivity index (χ4n) is 3.48. The minimum absolute atomic E-state index is 0.0260. The van der Waals surface area contributed by atoms with Gasteiger partial charge in [-0.1, -0.05) is 0 Å². The molecule has 10 N–H and O–H groups in total. The van der Waals surface area contributed by atoms with Crippen LogP contribution >= 0.6 is 0 Å². The van der Waals surface area contributed by atoms with Crippen molar-refractivity contribution < 1.29 is 79.5 Å². The minimum Gasteiger partial charge on any atom is -0.394 e. The zero-order valence-corrected chi connectivity index (χ0v) is 25.9. The molecule has 0 aliphatic heterocycles. The molecule has 0 radical (unpaired) electrons. The van der Waals surface area contributed by atoms with Crippen molar-refractivity contribution in [2.24, 2.45) is 0 Å². The summed E-state index contributed by atoms with van der Waals surface area (Å²) in [7, 11) is 0. The van der Waals surface area contributed by atoms with Crippen LogP contribution in [0.15, 0.2) is 0 Å². The highest BCUT2D eigenvalue weighted by Crippen LogP contribution is 2.05. The third kappa shape index (κ3) is 25.5. The van der Waals surface area contributed by atoms with Crippen molar-refractivity contribution in [2.45, 2.75) is 68.7 Å². The molecule has 0 saturated heterocycles. The molecule has 44 heavy (non-hydrogen) atoms. The van der Waals surface area contributed by atoms with Crippen molar-refractivity contribution in [2.75, 3.05) is 106 Å². The van der Waals surface area contributed by atoms with E-state index in [1.807, 2.05) is 18.7 Å². The Morgan fingerprint density at radius 2 is 0.568 bits per heavy atom. The van der Waals surface area contributed by atoms with Gasteiger partial charge in [-0.2, -0.15) is 0 Å². The van der Waals surface area contributed by atoms with Gasteiger partial charge in [0, 0.05) is 19.1 Å². The highest BCUT2D eigenvalue weighted by atomic mass is 16.5. The van der Waals surface area contributed by atoms with Crippen LogP contribution in [0.5, 0.6) is 0 Å². The number of hydrogen-bond donors (Lipinski definition) is 10. The zero-order chi connectivity index (χ0) is 33.3. The average Bonchev–Trinajstić information content (AvgIpc) is 2.96. The van der Waals surface area contributed by atoms with Crippen molar-refractivity contribution >= 4 is 0 Å². The number of aliphatic hydroxyl groups is 10. The molecule has 0 spiro atoms. The van der Waals surface area contributed by atoms with Gasteiger partial charge in [-0.25, -0.2) is 0 Å². The Balaban J connectivity index is 4.06. The minimum atomic E-state index is -1.02. The molecule has 0 aromatic carbocycles. The van der Waals surface area contributed by atoms with E-state index in [1.165, 1.54) is 0 Å². The molecule has 8 atom stereocenters. The maximum absolute atomic E-state index is 10.4. The van der Waals surface area contributed by atoms with Gasteiger partial charge in [0.05, 0.1) is 105 Å². The summed E-state index contributed by atoms with van der Waals surface area (Å²) in [6.45, 7) is 1.96. The predicted molar refractivity (Wildman–Crippen MR) is 154 cm³/mol. The first-order valence-corrected chi connectivity index (χ1v) is 14.7. The lowest BCUT2D eigenvalue weighted by Gasteiger charge is -2.30. The Hall–Kier alpha value is -0.680. The van der Waals surface area contributed by atoms with Crippen LogP contribution in [0.1, 0.15) is 13.8 Å². The zero-order valence-electron chi connectivity index (χ0n) is 25.9. The van der Waals surface area contributed by atoms with E-state index in [9.17, 15) is 30.6 Å². The monoisotopic (exact) mass is 651 g/mol. The highest BCUT2D eigenvalue weighted by molar-refractivity contribution is 4.72. The van der Waals surface area contributed by atoms with E-state index in [0.717, 1.165) is 0 Å². The second kappa shape index (κ2) is 27.4. The molecule has 0 aromatic heterocycles. The van der Waals surface area contributed by atoms with Gasteiger partial charge in [0.1, 0.15) is 36.6 Å². The van der Waals surface area contributed by atoms with Gasteiger partial charge in [-0.15, -0.1) is 0 Å². The van der Waals surface area contributed by atoms with E-state index >= 15 is 0 Å². The van der Waals surface area contributed by atoms with Gasteiger partial charge in [0.25, 0.3) is 0 Å². The average molecular weight is 652 g/mol. The summed E-state index contributed by atoms with van der Waals surface area (Å²) in [5, 5.41) is 95.9. The van der Waals surface area contributed by atoms with Crippen LogP contribution in [0.3, 0.4) is 0 Å². The second-order valence-corrected chi connectivity index (χ2v) is 10.9. The Labute approximate surface area is 259 Å². The number of ether oxygens (including phenoxy) is 6. The highest BCUT2D eigenvalue weighted by Gasteiger charge is 2.20. The Morgan fingerprint density at radius 3 is 0.773 bits per heavy atom. The fraction of sp³-hybridized carbons (Fsp3) is 1.00. The molecule has 0 fully saturated rings. The third-order valence-electron chi connectivity index (χ3n) is 5.77. The van der Waals surface area contributed by atoms with Crippen molar-refractivity contribution in [3.05, 3.63) is 0 Å². The number of hydrogen-bond acceptors (Lipinski definition) is 17. The smallest absolute Gasteiger partial charge is 0.101 e. The maximum Gasteiger partial charge on any atom is 0.101 e.